The van der Waals surface area contributed by atoms with Gasteiger partial charge in [0.15, 0.2) is 9.84 Å². The minimum absolute atomic E-state index is 0.0238. The number of nitrogens with one attached hydrogen (secondary N) is 1. The van der Waals surface area contributed by atoms with Gasteiger partial charge < -0.3 is 5.32 Å². The number of rotatable bonds is 3. The van der Waals surface area contributed by atoms with Gasteiger partial charge >= 0.3 is 0 Å². The smallest absolute Gasteiger partial charge is 0.225 e. The summed E-state index contributed by atoms with van der Waals surface area (Å²) in [7, 11) is -3.11. The van der Waals surface area contributed by atoms with Gasteiger partial charge in [-0.2, -0.15) is 0 Å². The van der Waals surface area contributed by atoms with Gasteiger partial charge in [0, 0.05) is 28.8 Å². The molecule has 0 bridgehead atoms. The first-order chi connectivity index (χ1) is 10.0. The Morgan fingerprint density at radius 3 is 2.67 bits per heavy atom. The maximum Gasteiger partial charge on any atom is 0.225 e. The van der Waals surface area contributed by atoms with Crippen molar-refractivity contribution >= 4 is 32.2 Å². The molecule has 0 fully saturated rings. The Balaban J connectivity index is 1.74. The van der Waals surface area contributed by atoms with Crippen LogP contribution in [0.25, 0.3) is 10.8 Å². The van der Waals surface area contributed by atoms with E-state index in [4.69, 9.17) is 0 Å². The molecule has 108 valence electrons. The van der Waals surface area contributed by atoms with Crippen molar-refractivity contribution in [2.24, 2.45) is 5.92 Å². The number of hydrogen-bond acceptors (Lipinski definition) is 3. The summed E-state index contributed by atoms with van der Waals surface area (Å²) in [6, 6.07) is 13.5. The Morgan fingerprint density at radius 1 is 1.14 bits per heavy atom. The van der Waals surface area contributed by atoms with Crippen LogP contribution in [0.15, 0.2) is 53.9 Å². The molecule has 0 saturated carbocycles. The molecule has 1 amide bonds. The van der Waals surface area contributed by atoms with E-state index in [-0.39, 0.29) is 24.0 Å². The highest BCUT2D eigenvalue weighted by Crippen LogP contribution is 2.24. The lowest BCUT2D eigenvalue weighted by atomic mass is 10.1. The predicted molar refractivity (Wildman–Crippen MR) is 83.6 cm³/mol. The third-order valence-electron chi connectivity index (χ3n) is 3.52. The fourth-order valence-electron chi connectivity index (χ4n) is 2.54. The number of hydrogen-bond donors (Lipinski definition) is 1. The van der Waals surface area contributed by atoms with Gasteiger partial charge in [-0.05, 0) is 11.5 Å². The fraction of sp³-hybridized carbons (Fsp3) is 0.188. The van der Waals surface area contributed by atoms with Crippen LogP contribution in [-0.4, -0.2) is 20.1 Å². The number of benzene rings is 2. The van der Waals surface area contributed by atoms with Crippen molar-refractivity contribution < 1.29 is 13.2 Å². The third kappa shape index (κ3) is 3.13. The summed E-state index contributed by atoms with van der Waals surface area (Å²) in [5, 5.41) is 6.10. The topological polar surface area (TPSA) is 63.2 Å². The van der Waals surface area contributed by atoms with Gasteiger partial charge in [-0.3, -0.25) is 4.79 Å². The molecule has 4 nitrogen and oxygen atoms in total. The molecule has 1 unspecified atom stereocenters. The maximum atomic E-state index is 12.1. The van der Waals surface area contributed by atoms with E-state index in [1.807, 2.05) is 42.5 Å². The van der Waals surface area contributed by atoms with E-state index in [0.29, 0.717) is 0 Å². The van der Waals surface area contributed by atoms with Gasteiger partial charge in [0.1, 0.15) is 0 Å². The second-order valence-electron chi connectivity index (χ2n) is 5.20. The SMILES string of the molecule is O=C(CC1C=CS(=O)(=O)C1)Nc1cccc2ccccc12. The molecule has 3 rings (SSSR count). The van der Waals surface area contributed by atoms with Crippen molar-refractivity contribution in [1.82, 2.24) is 0 Å². The van der Waals surface area contributed by atoms with E-state index >= 15 is 0 Å². The zero-order valence-electron chi connectivity index (χ0n) is 11.3. The molecular weight excluding hydrogens is 286 g/mol. The minimum atomic E-state index is -3.11. The molecule has 5 heteroatoms. The van der Waals surface area contributed by atoms with Crippen LogP contribution in [0.2, 0.25) is 0 Å². The van der Waals surface area contributed by atoms with E-state index in [1.165, 1.54) is 5.41 Å². The lowest BCUT2D eigenvalue weighted by molar-refractivity contribution is -0.116. The number of anilines is 1. The van der Waals surface area contributed by atoms with Crippen LogP contribution in [0.3, 0.4) is 0 Å². The van der Waals surface area contributed by atoms with Crippen molar-refractivity contribution in [1.29, 1.82) is 0 Å². The molecule has 0 spiro atoms. The Bertz CT molecular complexity index is 819. The van der Waals surface area contributed by atoms with E-state index in [2.05, 4.69) is 5.32 Å². The maximum absolute atomic E-state index is 12.1. The standard InChI is InChI=1S/C16H15NO3S/c18-16(10-12-8-9-21(19,20)11-12)17-15-7-3-5-13-4-1-2-6-14(13)15/h1-9,12H,10-11H2,(H,17,18). The van der Waals surface area contributed by atoms with Crippen LogP contribution in [0.4, 0.5) is 5.69 Å². The second kappa shape index (κ2) is 5.33. The molecule has 0 aromatic heterocycles. The van der Waals surface area contributed by atoms with Crippen LogP contribution in [-0.2, 0) is 14.6 Å². The summed E-state index contributed by atoms with van der Waals surface area (Å²) in [5.74, 6) is -0.376. The summed E-state index contributed by atoms with van der Waals surface area (Å²) < 4.78 is 22.7. The molecule has 0 saturated heterocycles. The summed E-state index contributed by atoms with van der Waals surface area (Å²) in [6.07, 6.45) is 1.77. The van der Waals surface area contributed by atoms with Crippen molar-refractivity contribution in [2.75, 3.05) is 11.1 Å². The third-order valence-corrected chi connectivity index (χ3v) is 4.98. The predicted octanol–water partition coefficient (Wildman–Crippen LogP) is 2.73. The largest absolute Gasteiger partial charge is 0.325 e. The first kappa shape index (κ1) is 13.8. The van der Waals surface area contributed by atoms with Crippen LogP contribution < -0.4 is 5.32 Å². The lowest BCUT2D eigenvalue weighted by Crippen LogP contribution is -2.17. The molecule has 1 atom stereocenters. The van der Waals surface area contributed by atoms with Crippen LogP contribution >= 0.6 is 0 Å². The van der Waals surface area contributed by atoms with Gasteiger partial charge in [0.25, 0.3) is 0 Å². The number of fused-ring (bicyclic) bond motifs is 1. The zero-order chi connectivity index (χ0) is 14.9. The normalized spacial score (nSPS) is 19.7. The average molecular weight is 301 g/mol. The van der Waals surface area contributed by atoms with Crippen molar-refractivity contribution in [3.8, 4) is 0 Å². The monoisotopic (exact) mass is 301 g/mol. The van der Waals surface area contributed by atoms with E-state index in [0.717, 1.165) is 16.5 Å². The Hall–Kier alpha value is -2.14. The number of allylic oxidation sites excluding steroid dienone is 1. The molecular formula is C16H15NO3S. The average Bonchev–Trinajstić information content (AvgIpc) is 2.78. The van der Waals surface area contributed by atoms with Gasteiger partial charge in [0.2, 0.25) is 5.91 Å². The molecule has 0 aliphatic carbocycles. The summed E-state index contributed by atoms with van der Waals surface area (Å²) in [4.78, 5) is 12.1. The van der Waals surface area contributed by atoms with E-state index in [1.54, 1.807) is 6.08 Å². The van der Waals surface area contributed by atoms with Crippen molar-refractivity contribution in [2.45, 2.75) is 6.42 Å². The number of carbonyl (C=O) groups excluding carboxylic acids is 1. The summed E-state index contributed by atoms with van der Waals surface area (Å²) >= 11 is 0. The van der Waals surface area contributed by atoms with Gasteiger partial charge in [-0.15, -0.1) is 0 Å². The second-order valence-corrected chi connectivity index (χ2v) is 7.13. The number of sulfone groups is 1. The zero-order valence-corrected chi connectivity index (χ0v) is 12.1. The Labute approximate surface area is 123 Å². The summed E-state index contributed by atoms with van der Waals surface area (Å²) in [5.41, 5.74) is 0.753. The molecule has 1 aliphatic rings. The quantitative estimate of drug-likeness (QED) is 0.948. The molecule has 21 heavy (non-hydrogen) atoms. The Morgan fingerprint density at radius 2 is 1.90 bits per heavy atom. The minimum Gasteiger partial charge on any atom is -0.325 e. The van der Waals surface area contributed by atoms with Gasteiger partial charge in [-0.25, -0.2) is 8.42 Å². The molecule has 0 radical (unpaired) electrons. The molecule has 1 N–H and O–H groups in total. The number of amides is 1. The highest BCUT2D eigenvalue weighted by molar-refractivity contribution is 7.94. The Kier molecular flexibility index (Phi) is 3.51. The van der Waals surface area contributed by atoms with E-state index in [9.17, 15) is 13.2 Å². The van der Waals surface area contributed by atoms with Crippen LogP contribution in [0.5, 0.6) is 0 Å². The first-order valence-electron chi connectivity index (χ1n) is 6.72. The molecule has 2 aromatic rings. The summed E-state index contributed by atoms with van der Waals surface area (Å²) in [6.45, 7) is 0. The van der Waals surface area contributed by atoms with Crippen molar-refractivity contribution in [3.63, 3.8) is 0 Å². The molecule has 2 aromatic carbocycles. The molecule has 1 aliphatic heterocycles. The highest BCUT2D eigenvalue weighted by atomic mass is 32.2. The van der Waals surface area contributed by atoms with Gasteiger partial charge in [-0.1, -0.05) is 42.5 Å². The number of carbonyl (C=O) groups is 1. The van der Waals surface area contributed by atoms with Crippen LogP contribution in [0.1, 0.15) is 6.42 Å². The van der Waals surface area contributed by atoms with Crippen LogP contribution in [0, 0.1) is 5.92 Å². The lowest BCUT2D eigenvalue weighted by Gasteiger charge is -2.10. The first-order valence-corrected chi connectivity index (χ1v) is 8.44. The molecule has 1 heterocycles. The fourth-order valence-corrected chi connectivity index (χ4v) is 3.94. The highest BCUT2D eigenvalue weighted by Gasteiger charge is 2.23. The van der Waals surface area contributed by atoms with Gasteiger partial charge in [0.05, 0.1) is 5.75 Å². The van der Waals surface area contributed by atoms with E-state index < -0.39 is 9.84 Å². The van der Waals surface area contributed by atoms with Crippen molar-refractivity contribution in [3.05, 3.63) is 53.9 Å².